The molecule has 1 atom stereocenters. The van der Waals surface area contributed by atoms with Crippen LogP contribution in [-0.4, -0.2) is 23.2 Å². The molecule has 1 aromatic carbocycles. The predicted molar refractivity (Wildman–Crippen MR) is 58.7 cm³/mol. The number of carbonyl (C=O) groups is 2. The van der Waals surface area contributed by atoms with Crippen molar-refractivity contribution in [3.05, 3.63) is 30.1 Å². The summed E-state index contributed by atoms with van der Waals surface area (Å²) in [7, 11) is 0. The van der Waals surface area contributed by atoms with Gasteiger partial charge in [-0.25, -0.2) is 8.78 Å². The highest BCUT2D eigenvalue weighted by molar-refractivity contribution is 9.09. The summed E-state index contributed by atoms with van der Waals surface area (Å²) < 4.78 is 25.8. The zero-order chi connectivity index (χ0) is 12.1. The van der Waals surface area contributed by atoms with E-state index in [4.69, 9.17) is 0 Å². The van der Waals surface area contributed by atoms with Crippen LogP contribution < -0.4 is 5.32 Å². The van der Waals surface area contributed by atoms with E-state index in [1.54, 1.807) is 0 Å². The van der Waals surface area contributed by atoms with Crippen molar-refractivity contribution in [3.8, 4) is 0 Å². The summed E-state index contributed by atoms with van der Waals surface area (Å²) in [5.74, 6) is -2.54. The molecule has 1 unspecified atom stereocenters. The monoisotopic (exact) mass is 291 g/mol. The van der Waals surface area contributed by atoms with E-state index >= 15 is 0 Å². The van der Waals surface area contributed by atoms with E-state index in [0.717, 1.165) is 6.07 Å². The standard InChI is InChI=1S/C10H8BrF2NO2/c11-5-8(15)9(13)10(16)14-7-3-1-2-6(12)4-7/h1-4,9H,5H2,(H,14,16). The van der Waals surface area contributed by atoms with Crippen LogP contribution in [0.3, 0.4) is 0 Å². The molecule has 0 spiro atoms. The van der Waals surface area contributed by atoms with Gasteiger partial charge in [0.25, 0.3) is 5.91 Å². The van der Waals surface area contributed by atoms with Gasteiger partial charge in [0, 0.05) is 5.69 Å². The number of hydrogen-bond acceptors (Lipinski definition) is 2. The number of hydrogen-bond donors (Lipinski definition) is 1. The smallest absolute Gasteiger partial charge is 0.266 e. The second-order valence-electron chi connectivity index (χ2n) is 2.96. The molecule has 1 rings (SSSR count). The summed E-state index contributed by atoms with van der Waals surface area (Å²) in [6.45, 7) is 0. The molecular weight excluding hydrogens is 284 g/mol. The molecule has 3 nitrogen and oxygen atoms in total. The van der Waals surface area contributed by atoms with E-state index in [2.05, 4.69) is 21.2 Å². The minimum absolute atomic E-state index is 0.107. The molecule has 0 aliphatic carbocycles. The molecule has 1 aromatic rings. The van der Waals surface area contributed by atoms with Gasteiger partial charge in [-0.3, -0.25) is 9.59 Å². The largest absolute Gasteiger partial charge is 0.323 e. The van der Waals surface area contributed by atoms with Gasteiger partial charge in [0.2, 0.25) is 6.17 Å². The third-order valence-corrected chi connectivity index (χ3v) is 2.29. The number of ketones is 1. The molecule has 0 aromatic heterocycles. The van der Waals surface area contributed by atoms with E-state index in [-0.39, 0.29) is 11.0 Å². The van der Waals surface area contributed by atoms with Crippen molar-refractivity contribution in [2.75, 3.05) is 10.6 Å². The first-order chi connectivity index (χ1) is 7.54. The minimum atomic E-state index is -2.25. The maximum Gasteiger partial charge on any atom is 0.266 e. The summed E-state index contributed by atoms with van der Waals surface area (Å²) >= 11 is 2.75. The lowest BCUT2D eigenvalue weighted by Crippen LogP contribution is -2.32. The predicted octanol–water partition coefficient (Wildman–Crippen LogP) is 2.07. The van der Waals surface area contributed by atoms with Crippen molar-refractivity contribution in [1.29, 1.82) is 0 Å². The highest BCUT2D eigenvalue weighted by Gasteiger charge is 2.24. The first-order valence-corrected chi connectivity index (χ1v) is 5.46. The van der Waals surface area contributed by atoms with Crippen molar-refractivity contribution in [2.45, 2.75) is 6.17 Å². The SMILES string of the molecule is O=C(CBr)C(F)C(=O)Nc1cccc(F)c1. The van der Waals surface area contributed by atoms with Crippen molar-refractivity contribution >= 4 is 33.3 Å². The Morgan fingerprint density at radius 2 is 2.12 bits per heavy atom. The molecule has 0 radical (unpaired) electrons. The van der Waals surface area contributed by atoms with Crippen LogP contribution in [0.25, 0.3) is 0 Å². The fourth-order valence-electron chi connectivity index (χ4n) is 0.986. The Morgan fingerprint density at radius 3 is 2.69 bits per heavy atom. The van der Waals surface area contributed by atoms with Gasteiger partial charge in [-0.05, 0) is 18.2 Å². The Morgan fingerprint density at radius 1 is 1.44 bits per heavy atom. The molecule has 86 valence electrons. The van der Waals surface area contributed by atoms with Gasteiger partial charge in [-0.15, -0.1) is 0 Å². The summed E-state index contributed by atoms with van der Waals surface area (Å²) in [5, 5.41) is 1.86. The Balaban J connectivity index is 2.68. The molecule has 0 bridgehead atoms. The third-order valence-electron chi connectivity index (χ3n) is 1.74. The van der Waals surface area contributed by atoms with Crippen LogP contribution in [0.2, 0.25) is 0 Å². The van der Waals surface area contributed by atoms with E-state index in [1.807, 2.05) is 0 Å². The number of halogens is 3. The Kier molecular flexibility index (Phi) is 4.54. The van der Waals surface area contributed by atoms with E-state index in [0.29, 0.717) is 0 Å². The summed E-state index contributed by atoms with van der Waals surface area (Å²) in [4.78, 5) is 22.0. The zero-order valence-corrected chi connectivity index (χ0v) is 9.63. The molecular formula is C10H8BrF2NO2. The number of alkyl halides is 2. The second-order valence-corrected chi connectivity index (χ2v) is 3.52. The molecule has 6 heteroatoms. The van der Waals surface area contributed by atoms with Gasteiger partial charge in [0.15, 0.2) is 5.78 Å². The molecule has 0 heterocycles. The fraction of sp³-hybridized carbons (Fsp3) is 0.200. The molecule has 0 saturated carbocycles. The van der Waals surface area contributed by atoms with Crippen LogP contribution in [-0.2, 0) is 9.59 Å². The Bertz CT molecular complexity index is 412. The van der Waals surface area contributed by atoms with Gasteiger partial charge in [-0.1, -0.05) is 22.0 Å². The topological polar surface area (TPSA) is 46.2 Å². The Labute approximate surface area is 99.0 Å². The normalized spacial score (nSPS) is 11.9. The van der Waals surface area contributed by atoms with E-state index < -0.39 is 23.7 Å². The van der Waals surface area contributed by atoms with Gasteiger partial charge < -0.3 is 5.32 Å². The van der Waals surface area contributed by atoms with Crippen LogP contribution in [0.1, 0.15) is 0 Å². The van der Waals surface area contributed by atoms with Crippen molar-refractivity contribution < 1.29 is 18.4 Å². The number of rotatable bonds is 4. The van der Waals surface area contributed by atoms with Crippen LogP contribution in [0.5, 0.6) is 0 Å². The van der Waals surface area contributed by atoms with Crippen molar-refractivity contribution in [1.82, 2.24) is 0 Å². The lowest BCUT2D eigenvalue weighted by atomic mass is 10.2. The maximum atomic E-state index is 13.1. The maximum absolute atomic E-state index is 13.1. The van der Waals surface area contributed by atoms with Gasteiger partial charge in [-0.2, -0.15) is 0 Å². The van der Waals surface area contributed by atoms with E-state index in [9.17, 15) is 18.4 Å². The van der Waals surface area contributed by atoms with Crippen LogP contribution in [0.15, 0.2) is 24.3 Å². The van der Waals surface area contributed by atoms with Crippen LogP contribution in [0.4, 0.5) is 14.5 Å². The third kappa shape index (κ3) is 3.37. The second kappa shape index (κ2) is 5.69. The number of carbonyl (C=O) groups excluding carboxylic acids is 2. The average molecular weight is 292 g/mol. The highest BCUT2D eigenvalue weighted by Crippen LogP contribution is 2.10. The lowest BCUT2D eigenvalue weighted by Gasteiger charge is -2.07. The number of nitrogens with one attached hydrogen (secondary N) is 1. The lowest BCUT2D eigenvalue weighted by molar-refractivity contribution is -0.130. The van der Waals surface area contributed by atoms with Gasteiger partial charge in [0.1, 0.15) is 5.82 Å². The molecule has 1 amide bonds. The number of Topliss-reactive ketones (excluding diaryl/α,β-unsaturated/α-hetero) is 1. The van der Waals surface area contributed by atoms with Crippen molar-refractivity contribution in [2.24, 2.45) is 0 Å². The number of benzene rings is 1. The van der Waals surface area contributed by atoms with Gasteiger partial charge in [0.05, 0.1) is 5.33 Å². The number of amides is 1. The van der Waals surface area contributed by atoms with Crippen LogP contribution in [0, 0.1) is 5.82 Å². The first-order valence-electron chi connectivity index (χ1n) is 4.33. The van der Waals surface area contributed by atoms with Gasteiger partial charge >= 0.3 is 0 Å². The molecule has 0 aliphatic rings. The molecule has 0 saturated heterocycles. The molecule has 16 heavy (non-hydrogen) atoms. The zero-order valence-electron chi connectivity index (χ0n) is 8.04. The van der Waals surface area contributed by atoms with Crippen LogP contribution >= 0.6 is 15.9 Å². The molecule has 1 N–H and O–H groups in total. The summed E-state index contributed by atoms with van der Waals surface area (Å²) in [6.07, 6.45) is -2.25. The number of anilines is 1. The highest BCUT2D eigenvalue weighted by atomic mass is 79.9. The minimum Gasteiger partial charge on any atom is -0.323 e. The summed E-state index contributed by atoms with van der Waals surface area (Å²) in [5.41, 5.74) is 0.107. The Hall–Kier alpha value is -1.30. The van der Waals surface area contributed by atoms with Crippen molar-refractivity contribution in [3.63, 3.8) is 0 Å². The average Bonchev–Trinajstić information content (AvgIpc) is 2.27. The quantitative estimate of drug-likeness (QED) is 0.682. The fourth-order valence-corrected chi connectivity index (χ4v) is 1.27. The van der Waals surface area contributed by atoms with E-state index in [1.165, 1.54) is 18.2 Å². The molecule has 0 aliphatic heterocycles. The summed E-state index contributed by atoms with van der Waals surface area (Å²) in [6, 6.07) is 4.98. The molecule has 0 fully saturated rings. The first kappa shape index (κ1) is 12.8.